The molecule has 0 bridgehead atoms. The summed E-state index contributed by atoms with van der Waals surface area (Å²) in [6.45, 7) is 1.14. The summed E-state index contributed by atoms with van der Waals surface area (Å²) in [6.07, 6.45) is -2.85. The first kappa shape index (κ1) is 21.3. The zero-order chi connectivity index (χ0) is 19.0. The molecule has 24 heavy (non-hydrogen) atoms. The number of primary amides is 1. The number of carbonyl (C=O) groups excluding carboxylic acids is 3. The fourth-order valence-electron chi connectivity index (χ4n) is 1.61. The Kier molecular flexibility index (Phi) is 8.35. The van der Waals surface area contributed by atoms with Gasteiger partial charge in [0.15, 0.2) is 0 Å². The van der Waals surface area contributed by atoms with Gasteiger partial charge in [0.2, 0.25) is 17.7 Å². The van der Waals surface area contributed by atoms with Crippen molar-refractivity contribution in [1.82, 2.24) is 10.6 Å². The number of hydrogen-bond acceptors (Lipinski definition) is 7. The maximum Gasteiger partial charge on any atom is 0.326 e. The van der Waals surface area contributed by atoms with E-state index in [0.717, 1.165) is 6.92 Å². The van der Waals surface area contributed by atoms with Crippen molar-refractivity contribution >= 4 is 29.7 Å². The molecule has 0 radical (unpaired) electrons. The number of aliphatic hydroxyl groups excluding tert-OH is 1. The molecule has 0 fully saturated rings. The number of amides is 3. The number of rotatable bonds is 10. The number of hydrogen-bond donors (Lipinski definition) is 7. The van der Waals surface area contributed by atoms with Crippen molar-refractivity contribution in [2.75, 3.05) is 0 Å². The minimum absolute atomic E-state index is 0.694. The summed E-state index contributed by atoms with van der Waals surface area (Å²) < 4.78 is 0. The molecule has 0 aliphatic carbocycles. The fraction of sp³-hybridized carbons (Fsp3) is 0.583. The monoisotopic (exact) mass is 348 g/mol. The predicted molar refractivity (Wildman–Crippen MR) is 77.2 cm³/mol. The highest BCUT2D eigenvalue weighted by Gasteiger charge is 2.31. The average molecular weight is 348 g/mol. The lowest BCUT2D eigenvalue weighted by molar-refractivity contribution is -0.144. The van der Waals surface area contributed by atoms with Crippen molar-refractivity contribution in [1.29, 1.82) is 0 Å². The Morgan fingerprint density at radius 3 is 1.92 bits per heavy atom. The van der Waals surface area contributed by atoms with Gasteiger partial charge in [-0.05, 0) is 6.92 Å². The van der Waals surface area contributed by atoms with E-state index in [1.807, 2.05) is 10.6 Å². The zero-order valence-corrected chi connectivity index (χ0v) is 12.8. The molecule has 12 heteroatoms. The maximum atomic E-state index is 12.0. The molecular weight excluding hydrogens is 328 g/mol. The lowest BCUT2D eigenvalue weighted by atomic mass is 10.1. The molecule has 0 aromatic heterocycles. The molecule has 0 heterocycles. The molecular formula is C12H20N4O8. The first-order valence-electron chi connectivity index (χ1n) is 6.73. The molecule has 0 spiro atoms. The molecule has 12 nitrogen and oxygen atoms in total. The highest BCUT2D eigenvalue weighted by Crippen LogP contribution is 2.00. The van der Waals surface area contributed by atoms with E-state index in [2.05, 4.69) is 0 Å². The van der Waals surface area contributed by atoms with Crippen LogP contribution < -0.4 is 22.1 Å². The normalized spacial score (nSPS) is 15.5. The average Bonchev–Trinajstić information content (AvgIpc) is 2.41. The third kappa shape index (κ3) is 7.51. The van der Waals surface area contributed by atoms with E-state index in [0.29, 0.717) is 0 Å². The molecule has 9 N–H and O–H groups in total. The van der Waals surface area contributed by atoms with Crippen LogP contribution in [0.3, 0.4) is 0 Å². The van der Waals surface area contributed by atoms with E-state index in [1.165, 1.54) is 0 Å². The molecule has 0 aliphatic rings. The van der Waals surface area contributed by atoms with Gasteiger partial charge in [-0.2, -0.15) is 0 Å². The number of carboxylic acid groups (broad SMARTS) is 2. The molecule has 0 aliphatic heterocycles. The Balaban J connectivity index is 5.00. The van der Waals surface area contributed by atoms with Gasteiger partial charge in [0.1, 0.15) is 12.1 Å². The molecule has 0 unspecified atom stereocenters. The Bertz CT molecular complexity index is 521. The van der Waals surface area contributed by atoms with E-state index in [9.17, 15) is 29.1 Å². The predicted octanol–water partition coefficient (Wildman–Crippen LogP) is -3.90. The minimum atomic E-state index is -1.65. The lowest BCUT2D eigenvalue weighted by Crippen LogP contribution is -2.58. The second kappa shape index (κ2) is 9.42. The molecule has 0 rings (SSSR count). The number of nitrogens with two attached hydrogens (primary N) is 2. The first-order valence-corrected chi connectivity index (χ1v) is 6.73. The van der Waals surface area contributed by atoms with Crippen LogP contribution in [0.15, 0.2) is 0 Å². The van der Waals surface area contributed by atoms with Crippen LogP contribution in [0.25, 0.3) is 0 Å². The van der Waals surface area contributed by atoms with Crippen LogP contribution in [0.1, 0.15) is 19.8 Å². The van der Waals surface area contributed by atoms with E-state index >= 15 is 0 Å². The van der Waals surface area contributed by atoms with Crippen LogP contribution in [0, 0.1) is 0 Å². The van der Waals surface area contributed by atoms with Gasteiger partial charge in [0.05, 0.1) is 25.0 Å². The van der Waals surface area contributed by atoms with Crippen LogP contribution in [0.2, 0.25) is 0 Å². The number of carbonyl (C=O) groups is 5. The van der Waals surface area contributed by atoms with Crippen molar-refractivity contribution in [2.24, 2.45) is 11.5 Å². The van der Waals surface area contributed by atoms with Crippen LogP contribution in [0.4, 0.5) is 0 Å². The van der Waals surface area contributed by atoms with Crippen molar-refractivity contribution < 1.29 is 39.3 Å². The molecule has 0 aromatic rings. The minimum Gasteiger partial charge on any atom is -0.481 e. The third-order valence-corrected chi connectivity index (χ3v) is 2.81. The number of nitrogens with one attached hydrogen (secondary N) is 2. The topological polar surface area (TPSA) is 222 Å². The van der Waals surface area contributed by atoms with E-state index in [-0.39, 0.29) is 0 Å². The standard InChI is InChI=1S/C12H20N4O8/c1-4(17)9(16-10(21)5(13)2-8(19)20)11(22)15-6(12(23)24)3-7(14)18/h4-6,9,17H,2-3,13H2,1H3,(H2,14,18)(H,15,22)(H,16,21)(H,19,20)(H,23,24)/t4-,5+,6+,9+/m1/s1. The Hall–Kier alpha value is -2.73. The highest BCUT2D eigenvalue weighted by atomic mass is 16.4. The Labute approximate surface area is 136 Å². The summed E-state index contributed by atoms with van der Waals surface area (Å²) in [5, 5.41) is 31.0. The summed E-state index contributed by atoms with van der Waals surface area (Å²) in [6, 6.07) is -4.73. The molecule has 0 saturated carbocycles. The van der Waals surface area contributed by atoms with Crippen LogP contribution in [0.5, 0.6) is 0 Å². The highest BCUT2D eigenvalue weighted by molar-refractivity contribution is 5.94. The molecule has 0 aromatic carbocycles. The molecule has 3 amide bonds. The zero-order valence-electron chi connectivity index (χ0n) is 12.8. The largest absolute Gasteiger partial charge is 0.481 e. The first-order chi connectivity index (χ1) is 11.0. The summed E-state index contributed by atoms with van der Waals surface area (Å²) in [5.74, 6) is -6.00. The second-order valence-electron chi connectivity index (χ2n) is 5.00. The van der Waals surface area contributed by atoms with E-state index in [1.54, 1.807) is 0 Å². The molecule has 4 atom stereocenters. The van der Waals surface area contributed by atoms with Crippen LogP contribution in [-0.2, 0) is 24.0 Å². The quantitative estimate of drug-likeness (QED) is 0.204. The molecule has 136 valence electrons. The fourth-order valence-corrected chi connectivity index (χ4v) is 1.61. The van der Waals surface area contributed by atoms with Crippen molar-refractivity contribution in [3.8, 4) is 0 Å². The maximum absolute atomic E-state index is 12.0. The van der Waals surface area contributed by atoms with E-state index in [4.69, 9.17) is 21.7 Å². The summed E-state index contributed by atoms with van der Waals surface area (Å²) in [5.41, 5.74) is 10.2. The Morgan fingerprint density at radius 2 is 1.54 bits per heavy atom. The van der Waals surface area contributed by atoms with Gasteiger partial charge < -0.3 is 37.4 Å². The number of aliphatic carboxylic acids is 2. The van der Waals surface area contributed by atoms with Crippen LogP contribution in [-0.4, -0.2) is 69.2 Å². The lowest BCUT2D eigenvalue weighted by Gasteiger charge is -2.24. The van der Waals surface area contributed by atoms with Gasteiger partial charge in [0.25, 0.3) is 0 Å². The van der Waals surface area contributed by atoms with Gasteiger partial charge in [-0.1, -0.05) is 0 Å². The van der Waals surface area contributed by atoms with Crippen molar-refractivity contribution in [3.05, 3.63) is 0 Å². The third-order valence-electron chi connectivity index (χ3n) is 2.81. The van der Waals surface area contributed by atoms with Crippen molar-refractivity contribution in [3.63, 3.8) is 0 Å². The Morgan fingerprint density at radius 1 is 1.00 bits per heavy atom. The van der Waals surface area contributed by atoms with E-state index < -0.39 is 66.7 Å². The molecule has 0 saturated heterocycles. The van der Waals surface area contributed by atoms with Crippen LogP contribution >= 0.6 is 0 Å². The summed E-state index contributed by atoms with van der Waals surface area (Å²) in [4.78, 5) is 56.0. The number of aliphatic hydroxyl groups is 1. The van der Waals surface area contributed by atoms with Gasteiger partial charge in [0, 0.05) is 0 Å². The SMILES string of the molecule is C[C@@H](O)[C@H](NC(=O)[C@@H](N)CC(=O)O)C(=O)N[C@@H](CC(N)=O)C(=O)O. The number of carboxylic acids is 2. The summed E-state index contributed by atoms with van der Waals surface area (Å²) >= 11 is 0. The summed E-state index contributed by atoms with van der Waals surface area (Å²) in [7, 11) is 0. The second-order valence-corrected chi connectivity index (χ2v) is 5.00. The van der Waals surface area contributed by atoms with Gasteiger partial charge >= 0.3 is 11.9 Å². The smallest absolute Gasteiger partial charge is 0.326 e. The van der Waals surface area contributed by atoms with Gasteiger partial charge in [-0.3, -0.25) is 19.2 Å². The van der Waals surface area contributed by atoms with Crippen molar-refractivity contribution in [2.45, 2.75) is 44.0 Å². The van der Waals surface area contributed by atoms with Gasteiger partial charge in [-0.25, -0.2) is 4.79 Å². The van der Waals surface area contributed by atoms with Gasteiger partial charge in [-0.15, -0.1) is 0 Å².